The van der Waals surface area contributed by atoms with Crippen LogP contribution in [0, 0.1) is 0 Å². The fourth-order valence-electron chi connectivity index (χ4n) is 1.29. The second kappa shape index (κ2) is 24.5. The van der Waals surface area contributed by atoms with Gasteiger partial charge in [-0.2, -0.15) is 0 Å². The Kier molecular flexibility index (Phi) is 30.5. The van der Waals surface area contributed by atoms with E-state index in [0.29, 0.717) is 25.0 Å². The first-order valence-electron chi connectivity index (χ1n) is 8.99. The Morgan fingerprint density at radius 1 is 0.750 bits per heavy atom. The Bertz CT molecular complexity index is 390. The van der Waals surface area contributed by atoms with Gasteiger partial charge in [-0.3, -0.25) is 19.2 Å². The van der Waals surface area contributed by atoms with Crippen LogP contribution in [0.2, 0.25) is 0 Å². The monoisotopic (exact) mass is 456 g/mol. The van der Waals surface area contributed by atoms with Crippen molar-refractivity contribution in [1.29, 1.82) is 0 Å². The van der Waals surface area contributed by atoms with Gasteiger partial charge in [-0.25, -0.2) is 0 Å². The molecule has 2 N–H and O–H groups in total. The first kappa shape index (κ1) is 34.9. The largest absolute Gasteiger partial charge is 0.481 e. The smallest absolute Gasteiger partial charge is 0.310 e. The van der Waals surface area contributed by atoms with Crippen LogP contribution in [0.1, 0.15) is 80.1 Å². The molecule has 0 aromatic rings. The molecule has 10 heteroatoms. The van der Waals surface area contributed by atoms with Crippen LogP contribution >= 0.6 is 0 Å². The van der Waals surface area contributed by atoms with Crippen LogP contribution < -0.4 is 0 Å². The van der Waals surface area contributed by atoms with E-state index in [4.69, 9.17) is 16.8 Å². The third kappa shape index (κ3) is 40.2. The van der Waals surface area contributed by atoms with Crippen molar-refractivity contribution in [2.75, 3.05) is 0 Å². The second-order valence-corrected chi connectivity index (χ2v) is 7.13. The molecule has 0 heterocycles. The molecule has 0 unspecified atom stereocenters. The SMILES string of the molecule is CC(C)[O][Ti][O]C(C)C.CCCC(=O)CC(=O)O.CCCC(=O)CC(=O)O.[AlH3]. The minimum Gasteiger partial charge on any atom is -0.481 e. The maximum Gasteiger partial charge on any atom is 0.310 e. The molecule has 0 aromatic heterocycles. The van der Waals surface area contributed by atoms with Gasteiger partial charge in [0.2, 0.25) is 0 Å². The zero-order valence-electron chi connectivity index (χ0n) is 17.2. The molecule has 0 aliphatic carbocycles. The minimum atomic E-state index is -1.03. The standard InChI is InChI=1S/2C6H10O3.2C3H7O.Al.Ti.3H/c2*1-2-3-5(7)4-6(8)9;2*1-3(2)4;;;;;/h2*2-4H2,1H3,(H,8,9);2*3H,1-2H3;;;;;/q;;2*-1;;+2;;;. The molecule has 0 aromatic carbocycles. The van der Waals surface area contributed by atoms with Gasteiger partial charge in [0, 0.05) is 12.8 Å². The summed E-state index contributed by atoms with van der Waals surface area (Å²) in [6, 6.07) is 0. The van der Waals surface area contributed by atoms with Crippen LogP contribution in [0.25, 0.3) is 0 Å². The van der Waals surface area contributed by atoms with Crippen molar-refractivity contribution in [2.45, 2.75) is 92.3 Å². The summed E-state index contributed by atoms with van der Waals surface area (Å²) in [5.41, 5.74) is 0. The van der Waals surface area contributed by atoms with E-state index in [-0.39, 0.29) is 41.8 Å². The van der Waals surface area contributed by atoms with E-state index >= 15 is 0 Å². The van der Waals surface area contributed by atoms with Gasteiger partial charge in [-0.15, -0.1) is 0 Å². The molecule has 0 saturated heterocycles. The molecule has 28 heavy (non-hydrogen) atoms. The van der Waals surface area contributed by atoms with Gasteiger partial charge in [0.25, 0.3) is 0 Å². The van der Waals surface area contributed by atoms with Crippen molar-refractivity contribution < 1.29 is 56.0 Å². The van der Waals surface area contributed by atoms with E-state index < -0.39 is 31.9 Å². The molecule has 0 radical (unpaired) electrons. The van der Waals surface area contributed by atoms with Gasteiger partial charge in [0.05, 0.1) is 0 Å². The van der Waals surface area contributed by atoms with Crippen molar-refractivity contribution in [2.24, 2.45) is 0 Å². The van der Waals surface area contributed by atoms with Gasteiger partial charge in [-0.1, -0.05) is 13.8 Å². The van der Waals surface area contributed by atoms with Crippen LogP contribution in [0.3, 0.4) is 0 Å². The summed E-state index contributed by atoms with van der Waals surface area (Å²) in [5.74, 6) is -2.45. The van der Waals surface area contributed by atoms with Crippen LogP contribution in [-0.4, -0.2) is 63.3 Å². The number of carboxylic acids is 2. The van der Waals surface area contributed by atoms with Gasteiger partial charge >= 0.3 is 78.4 Å². The van der Waals surface area contributed by atoms with Gasteiger partial charge in [0.15, 0.2) is 17.4 Å². The Morgan fingerprint density at radius 2 is 1.04 bits per heavy atom. The molecule has 0 spiro atoms. The topological polar surface area (TPSA) is 127 Å². The fourth-order valence-corrected chi connectivity index (χ4v) is 1.98. The quantitative estimate of drug-likeness (QED) is 0.338. The molecule has 0 rings (SSSR count). The molecule has 0 atom stereocenters. The molecule has 0 bridgehead atoms. The maximum atomic E-state index is 10.5. The number of Topliss-reactive ketones (excluding diaryl/α,β-unsaturated/α-hetero) is 2. The maximum absolute atomic E-state index is 10.5. The van der Waals surface area contributed by atoms with E-state index in [1.807, 2.05) is 41.5 Å². The summed E-state index contributed by atoms with van der Waals surface area (Å²) in [4.78, 5) is 40.7. The Labute approximate surface area is 188 Å². The zero-order valence-corrected chi connectivity index (χ0v) is 18.8. The van der Waals surface area contributed by atoms with E-state index in [9.17, 15) is 19.2 Å². The Balaban J connectivity index is -0.000000152. The van der Waals surface area contributed by atoms with Crippen LogP contribution in [0.4, 0.5) is 0 Å². The normalized spacial score (nSPS) is 9.29. The van der Waals surface area contributed by atoms with Crippen molar-refractivity contribution in [1.82, 2.24) is 0 Å². The molecule has 8 nitrogen and oxygen atoms in total. The minimum absolute atomic E-state index is 0. The number of carbonyl (C=O) groups excluding carboxylic acids is 2. The summed E-state index contributed by atoms with van der Waals surface area (Å²) in [7, 11) is 0. The van der Waals surface area contributed by atoms with Gasteiger partial charge < -0.3 is 10.2 Å². The predicted octanol–water partition coefficient (Wildman–Crippen LogP) is 2.23. The predicted molar refractivity (Wildman–Crippen MR) is 107 cm³/mol. The molecule has 0 fully saturated rings. The molecular weight excluding hydrogens is 419 g/mol. The van der Waals surface area contributed by atoms with E-state index in [2.05, 4.69) is 0 Å². The summed E-state index contributed by atoms with van der Waals surface area (Å²) >= 11 is -0.574. The van der Waals surface area contributed by atoms with E-state index in [1.165, 1.54) is 0 Å². The Hall–Kier alpha value is -0.553. The summed E-state index contributed by atoms with van der Waals surface area (Å²) < 4.78 is 10.5. The van der Waals surface area contributed by atoms with Gasteiger partial charge in [0.1, 0.15) is 24.4 Å². The molecule has 164 valence electrons. The number of carbonyl (C=O) groups is 4. The molecule has 0 amide bonds. The average molecular weight is 456 g/mol. The van der Waals surface area contributed by atoms with E-state index in [1.54, 1.807) is 0 Å². The fraction of sp³-hybridized carbons (Fsp3) is 0.778. The summed E-state index contributed by atoms with van der Waals surface area (Å²) in [6.45, 7) is 11.8. The van der Waals surface area contributed by atoms with E-state index in [0.717, 1.165) is 12.8 Å². The number of rotatable bonds is 12. The first-order chi connectivity index (χ1) is 12.5. The summed E-state index contributed by atoms with van der Waals surface area (Å²) in [6.07, 6.45) is 2.21. The molecular formula is C18H37AlO8Ti. The zero-order chi connectivity index (χ0) is 21.8. The number of carboxylic acid groups (broad SMARTS) is 2. The third-order valence-electron chi connectivity index (χ3n) is 2.32. The Morgan fingerprint density at radius 3 is 1.21 bits per heavy atom. The van der Waals surface area contributed by atoms with Crippen molar-refractivity contribution in [3.63, 3.8) is 0 Å². The number of hydrogen-bond acceptors (Lipinski definition) is 6. The van der Waals surface area contributed by atoms with Crippen molar-refractivity contribution >= 4 is 40.9 Å². The first-order valence-corrected chi connectivity index (χ1v) is 10.3. The number of aliphatic carboxylic acids is 2. The third-order valence-corrected chi connectivity index (χ3v) is 4.09. The molecule has 0 aliphatic rings. The summed E-state index contributed by atoms with van der Waals surface area (Å²) in [5, 5.41) is 16.2. The van der Waals surface area contributed by atoms with Crippen LogP contribution in [-0.2, 0) is 45.7 Å². The second-order valence-electron chi connectivity index (χ2n) is 6.13. The van der Waals surface area contributed by atoms with Crippen molar-refractivity contribution in [3.05, 3.63) is 0 Å². The van der Waals surface area contributed by atoms with Crippen LogP contribution in [0.5, 0.6) is 0 Å². The molecule has 0 saturated carbocycles. The van der Waals surface area contributed by atoms with Crippen molar-refractivity contribution in [3.8, 4) is 0 Å². The number of hydrogen-bond donors (Lipinski definition) is 2. The van der Waals surface area contributed by atoms with Crippen LogP contribution in [0.15, 0.2) is 0 Å². The number of ketones is 2. The average Bonchev–Trinajstić information content (AvgIpc) is 2.46. The van der Waals surface area contributed by atoms with Gasteiger partial charge in [-0.05, 0) is 12.8 Å². The molecule has 0 aliphatic heterocycles.